The second-order valence-corrected chi connectivity index (χ2v) is 7.28. The standard InChI is InChI=1S/C11H12N4O4S2/c1-7-2-3-8(5-13-7)6-14-21(18,19)10-4-9(15(16)17)11(12)20-10/h2-5,14H,6,12H2,1H3. The number of aromatic nitrogens is 1. The molecule has 0 aliphatic carbocycles. The summed E-state index contributed by atoms with van der Waals surface area (Å²) in [6, 6.07) is 4.46. The summed E-state index contributed by atoms with van der Waals surface area (Å²) in [5.74, 6) is 0. The molecule has 0 aromatic carbocycles. The molecule has 2 heterocycles. The topological polar surface area (TPSA) is 128 Å². The van der Waals surface area contributed by atoms with Gasteiger partial charge in [-0.25, -0.2) is 13.1 Å². The zero-order valence-electron chi connectivity index (χ0n) is 10.9. The van der Waals surface area contributed by atoms with Gasteiger partial charge in [-0.3, -0.25) is 15.1 Å². The second kappa shape index (κ2) is 5.76. The Morgan fingerprint density at radius 1 is 1.48 bits per heavy atom. The molecule has 0 spiro atoms. The van der Waals surface area contributed by atoms with Gasteiger partial charge in [0.2, 0.25) is 0 Å². The maximum Gasteiger partial charge on any atom is 0.304 e. The molecule has 0 bridgehead atoms. The van der Waals surface area contributed by atoms with Crippen LogP contribution in [0.5, 0.6) is 0 Å². The van der Waals surface area contributed by atoms with E-state index in [2.05, 4.69) is 9.71 Å². The predicted octanol–water partition coefficient (Wildman–Crippen LogP) is 1.42. The van der Waals surface area contributed by atoms with E-state index in [0.717, 1.165) is 11.8 Å². The van der Waals surface area contributed by atoms with Gasteiger partial charge >= 0.3 is 5.69 Å². The Bertz CT molecular complexity index is 768. The fourth-order valence-electron chi connectivity index (χ4n) is 1.50. The molecule has 8 nitrogen and oxygen atoms in total. The number of nitrogens with one attached hydrogen (secondary N) is 1. The maximum absolute atomic E-state index is 12.1. The fraction of sp³-hybridized carbons (Fsp3) is 0.182. The Balaban J connectivity index is 2.17. The van der Waals surface area contributed by atoms with E-state index >= 15 is 0 Å². The van der Waals surface area contributed by atoms with Crippen molar-refractivity contribution in [3.8, 4) is 0 Å². The number of nitrogen functional groups attached to an aromatic ring is 1. The summed E-state index contributed by atoms with van der Waals surface area (Å²) < 4.78 is 26.3. The highest BCUT2D eigenvalue weighted by Gasteiger charge is 2.24. The first-order valence-corrected chi connectivity index (χ1v) is 8.04. The highest BCUT2D eigenvalue weighted by atomic mass is 32.2. The van der Waals surface area contributed by atoms with E-state index in [9.17, 15) is 18.5 Å². The van der Waals surface area contributed by atoms with Crippen LogP contribution < -0.4 is 10.5 Å². The molecule has 0 fully saturated rings. The van der Waals surface area contributed by atoms with Crippen molar-refractivity contribution >= 4 is 32.0 Å². The van der Waals surface area contributed by atoms with Gasteiger partial charge in [-0.2, -0.15) is 0 Å². The molecule has 21 heavy (non-hydrogen) atoms. The molecule has 0 unspecified atom stereocenters. The van der Waals surface area contributed by atoms with E-state index in [1.54, 1.807) is 18.3 Å². The first-order chi connectivity index (χ1) is 9.79. The summed E-state index contributed by atoms with van der Waals surface area (Å²) >= 11 is 0.657. The number of hydrogen-bond donors (Lipinski definition) is 2. The van der Waals surface area contributed by atoms with Crippen molar-refractivity contribution in [3.05, 3.63) is 45.8 Å². The monoisotopic (exact) mass is 328 g/mol. The minimum absolute atomic E-state index is 0.0429. The maximum atomic E-state index is 12.1. The molecule has 2 aromatic heterocycles. The van der Waals surface area contributed by atoms with Gasteiger partial charge in [0.05, 0.1) is 4.92 Å². The van der Waals surface area contributed by atoms with Crippen LogP contribution in [0.4, 0.5) is 10.7 Å². The largest absolute Gasteiger partial charge is 0.385 e. The Morgan fingerprint density at radius 2 is 2.19 bits per heavy atom. The zero-order valence-corrected chi connectivity index (χ0v) is 12.6. The normalized spacial score (nSPS) is 11.5. The fourth-order valence-corrected chi connectivity index (χ4v) is 3.78. The van der Waals surface area contributed by atoms with Crippen LogP contribution in [-0.2, 0) is 16.6 Å². The lowest BCUT2D eigenvalue weighted by molar-refractivity contribution is -0.383. The third-order valence-electron chi connectivity index (χ3n) is 2.62. The van der Waals surface area contributed by atoms with Crippen LogP contribution in [0.3, 0.4) is 0 Å². The molecule has 0 atom stereocenters. The minimum atomic E-state index is -3.85. The van der Waals surface area contributed by atoms with Gasteiger partial charge in [-0.05, 0) is 18.6 Å². The smallest absolute Gasteiger partial charge is 0.304 e. The Labute approximate surface area is 124 Å². The second-order valence-electron chi connectivity index (χ2n) is 4.20. The van der Waals surface area contributed by atoms with Gasteiger partial charge < -0.3 is 5.73 Å². The van der Waals surface area contributed by atoms with Gasteiger partial charge in [0, 0.05) is 24.5 Å². The summed E-state index contributed by atoms with van der Waals surface area (Å²) in [7, 11) is -3.85. The number of nitrogens with two attached hydrogens (primary N) is 1. The third kappa shape index (κ3) is 3.54. The lowest BCUT2D eigenvalue weighted by atomic mass is 10.2. The van der Waals surface area contributed by atoms with Gasteiger partial charge in [0.25, 0.3) is 10.0 Å². The van der Waals surface area contributed by atoms with Crippen LogP contribution in [0.2, 0.25) is 0 Å². The van der Waals surface area contributed by atoms with Crippen molar-refractivity contribution in [1.82, 2.24) is 9.71 Å². The van der Waals surface area contributed by atoms with E-state index in [1.165, 1.54) is 0 Å². The minimum Gasteiger partial charge on any atom is -0.385 e. The van der Waals surface area contributed by atoms with Crippen molar-refractivity contribution in [1.29, 1.82) is 0 Å². The first-order valence-electron chi connectivity index (χ1n) is 5.74. The van der Waals surface area contributed by atoms with Gasteiger partial charge in [0.1, 0.15) is 4.21 Å². The van der Waals surface area contributed by atoms with Crippen molar-refractivity contribution in [2.45, 2.75) is 17.7 Å². The summed E-state index contributed by atoms with van der Waals surface area (Å²) in [6.07, 6.45) is 1.56. The number of rotatable bonds is 5. The van der Waals surface area contributed by atoms with Crippen molar-refractivity contribution < 1.29 is 13.3 Å². The molecule has 3 N–H and O–H groups in total. The molecule has 0 aliphatic rings. The van der Waals surface area contributed by atoms with Crippen LogP contribution in [0.25, 0.3) is 0 Å². The summed E-state index contributed by atoms with van der Waals surface area (Å²) in [5.41, 5.74) is 6.54. The van der Waals surface area contributed by atoms with E-state index in [0.29, 0.717) is 16.9 Å². The van der Waals surface area contributed by atoms with Gasteiger partial charge in [-0.1, -0.05) is 17.4 Å². The summed E-state index contributed by atoms with van der Waals surface area (Å²) in [6.45, 7) is 1.86. The molecule has 112 valence electrons. The summed E-state index contributed by atoms with van der Waals surface area (Å²) in [5, 5.41) is 10.5. The van der Waals surface area contributed by atoms with Crippen LogP contribution in [0.1, 0.15) is 11.3 Å². The van der Waals surface area contributed by atoms with Crippen LogP contribution in [-0.4, -0.2) is 18.3 Å². The Kier molecular flexibility index (Phi) is 4.21. The Morgan fingerprint density at radius 3 is 2.71 bits per heavy atom. The molecule has 0 radical (unpaired) electrons. The van der Waals surface area contributed by atoms with Crippen molar-refractivity contribution in [2.75, 3.05) is 5.73 Å². The van der Waals surface area contributed by atoms with E-state index in [1.807, 2.05) is 6.92 Å². The lowest BCUT2D eigenvalue weighted by Crippen LogP contribution is -2.22. The Hall–Kier alpha value is -2.04. The lowest BCUT2D eigenvalue weighted by Gasteiger charge is -2.04. The van der Waals surface area contributed by atoms with E-state index in [-0.39, 0.29) is 15.8 Å². The summed E-state index contributed by atoms with van der Waals surface area (Å²) in [4.78, 5) is 14.0. The average molecular weight is 328 g/mol. The quantitative estimate of drug-likeness (QED) is 0.631. The number of sulfonamides is 1. The number of pyridine rings is 1. The SMILES string of the molecule is Cc1ccc(CNS(=O)(=O)c2cc([N+](=O)[O-])c(N)s2)cn1. The van der Waals surface area contributed by atoms with Crippen molar-refractivity contribution in [3.63, 3.8) is 0 Å². The number of thiophene rings is 1. The van der Waals surface area contributed by atoms with Crippen LogP contribution >= 0.6 is 11.3 Å². The average Bonchev–Trinajstić information content (AvgIpc) is 2.81. The highest BCUT2D eigenvalue weighted by molar-refractivity contribution is 7.91. The zero-order chi connectivity index (χ0) is 15.6. The van der Waals surface area contributed by atoms with Gasteiger partial charge in [0.15, 0.2) is 5.00 Å². The van der Waals surface area contributed by atoms with E-state index in [4.69, 9.17) is 5.73 Å². The van der Waals surface area contributed by atoms with Crippen LogP contribution in [0.15, 0.2) is 28.6 Å². The number of anilines is 1. The molecule has 0 saturated carbocycles. The molecule has 2 aromatic rings. The van der Waals surface area contributed by atoms with E-state index < -0.39 is 20.6 Å². The molecule has 0 amide bonds. The molecular weight excluding hydrogens is 316 g/mol. The first kappa shape index (κ1) is 15.4. The molecule has 0 aliphatic heterocycles. The predicted molar refractivity (Wildman–Crippen MR) is 78.4 cm³/mol. The number of hydrogen-bond acceptors (Lipinski definition) is 7. The van der Waals surface area contributed by atoms with Crippen LogP contribution in [0, 0.1) is 17.0 Å². The molecular formula is C11H12N4O4S2. The molecule has 0 saturated heterocycles. The molecule has 10 heteroatoms. The molecule has 2 rings (SSSR count). The number of aryl methyl sites for hydroxylation is 1. The van der Waals surface area contributed by atoms with Crippen molar-refractivity contribution in [2.24, 2.45) is 0 Å². The number of nitrogens with zero attached hydrogens (tertiary/aromatic N) is 2. The van der Waals surface area contributed by atoms with Gasteiger partial charge in [-0.15, -0.1) is 0 Å². The number of nitro groups is 1. The third-order valence-corrected chi connectivity index (χ3v) is 5.45. The highest BCUT2D eigenvalue weighted by Crippen LogP contribution is 2.34.